The number of hydrazone groups is 1. The van der Waals surface area contributed by atoms with Gasteiger partial charge in [0.15, 0.2) is 0 Å². The van der Waals surface area contributed by atoms with Gasteiger partial charge in [0.25, 0.3) is 0 Å². The third-order valence-corrected chi connectivity index (χ3v) is 5.76. The fraction of sp³-hybridized carbons (Fsp3) is 0.0435. The minimum Gasteiger partial charge on any atom is -0.455 e. The monoisotopic (exact) mass is 500 g/mol. The Labute approximate surface area is 191 Å². The number of halogens is 3. The molecule has 0 bridgehead atoms. The van der Waals surface area contributed by atoms with E-state index < -0.39 is 0 Å². The predicted octanol–water partition coefficient (Wildman–Crippen LogP) is 6.86. The van der Waals surface area contributed by atoms with Crippen LogP contribution in [0, 0.1) is 0 Å². The van der Waals surface area contributed by atoms with Gasteiger partial charge in [0, 0.05) is 15.1 Å². The summed E-state index contributed by atoms with van der Waals surface area (Å²) < 4.78 is 6.72. The van der Waals surface area contributed by atoms with Crippen LogP contribution in [0.15, 0.2) is 80.7 Å². The minimum absolute atomic E-state index is 0.216. The molecule has 0 spiro atoms. The Balaban J connectivity index is 1.43. The zero-order valence-corrected chi connectivity index (χ0v) is 18.6. The lowest BCUT2D eigenvalue weighted by atomic mass is 10.0. The van der Waals surface area contributed by atoms with Crippen LogP contribution in [-0.2, 0) is 11.2 Å². The summed E-state index contributed by atoms with van der Waals surface area (Å²) in [6, 6.07) is 20.5. The van der Waals surface area contributed by atoms with Gasteiger partial charge in [0.2, 0.25) is 5.91 Å². The van der Waals surface area contributed by atoms with E-state index in [4.69, 9.17) is 27.6 Å². The highest BCUT2D eigenvalue weighted by molar-refractivity contribution is 9.10. The van der Waals surface area contributed by atoms with E-state index in [1.165, 1.54) is 6.21 Å². The van der Waals surface area contributed by atoms with Crippen molar-refractivity contribution >= 4 is 62.0 Å². The molecule has 4 rings (SSSR count). The first-order chi connectivity index (χ1) is 14.5. The van der Waals surface area contributed by atoms with Crippen LogP contribution < -0.4 is 5.43 Å². The summed E-state index contributed by atoms with van der Waals surface area (Å²) in [4.78, 5) is 12.3. The van der Waals surface area contributed by atoms with E-state index in [2.05, 4.69) is 26.5 Å². The third-order valence-electron chi connectivity index (χ3n) is 4.52. The maximum absolute atomic E-state index is 12.3. The van der Waals surface area contributed by atoms with E-state index in [1.54, 1.807) is 30.3 Å². The van der Waals surface area contributed by atoms with Crippen molar-refractivity contribution in [3.63, 3.8) is 0 Å². The van der Waals surface area contributed by atoms with Gasteiger partial charge in [-0.1, -0.05) is 69.5 Å². The number of nitrogens with one attached hydrogen (secondary N) is 1. The topological polar surface area (TPSA) is 54.6 Å². The number of hydrogen-bond acceptors (Lipinski definition) is 3. The van der Waals surface area contributed by atoms with Gasteiger partial charge in [0.05, 0.1) is 17.7 Å². The van der Waals surface area contributed by atoms with E-state index in [0.29, 0.717) is 21.6 Å². The zero-order valence-electron chi connectivity index (χ0n) is 15.5. The average molecular weight is 502 g/mol. The Morgan fingerprint density at radius 1 is 1.03 bits per heavy atom. The molecule has 0 aliphatic carbocycles. The number of furan rings is 1. The summed E-state index contributed by atoms with van der Waals surface area (Å²) in [6.07, 6.45) is 1.67. The molecule has 1 N–H and O–H groups in total. The summed E-state index contributed by atoms with van der Waals surface area (Å²) in [5, 5.41) is 7.14. The first-order valence-electron chi connectivity index (χ1n) is 9.04. The molecule has 1 amide bonds. The van der Waals surface area contributed by atoms with Crippen molar-refractivity contribution in [2.75, 3.05) is 0 Å². The predicted molar refractivity (Wildman–Crippen MR) is 125 cm³/mol. The molecular formula is C23H15BrCl2N2O2. The van der Waals surface area contributed by atoms with Gasteiger partial charge in [-0.15, -0.1) is 0 Å². The highest BCUT2D eigenvalue weighted by atomic mass is 79.9. The number of hydrogen-bond donors (Lipinski definition) is 1. The van der Waals surface area contributed by atoms with E-state index in [1.807, 2.05) is 36.4 Å². The molecule has 0 atom stereocenters. The van der Waals surface area contributed by atoms with Gasteiger partial charge in [-0.2, -0.15) is 5.10 Å². The maximum Gasteiger partial charge on any atom is 0.244 e. The second-order valence-corrected chi connectivity index (χ2v) is 8.25. The number of nitrogens with zero attached hydrogens (tertiary/aromatic N) is 1. The molecule has 4 aromatic rings. The van der Waals surface area contributed by atoms with Crippen molar-refractivity contribution in [1.82, 2.24) is 5.43 Å². The van der Waals surface area contributed by atoms with Crippen LogP contribution in [0.25, 0.3) is 22.1 Å². The second-order valence-electron chi connectivity index (χ2n) is 6.55. The van der Waals surface area contributed by atoms with E-state index in [9.17, 15) is 4.79 Å². The third kappa shape index (κ3) is 4.59. The molecule has 150 valence electrons. The lowest BCUT2D eigenvalue weighted by Gasteiger charge is -2.07. The van der Waals surface area contributed by atoms with Crippen molar-refractivity contribution in [2.24, 2.45) is 5.10 Å². The first kappa shape index (κ1) is 20.7. The number of fused-ring (bicyclic) bond motifs is 1. The highest BCUT2D eigenvalue weighted by Crippen LogP contribution is 2.31. The molecule has 0 saturated carbocycles. The molecule has 0 aliphatic heterocycles. The van der Waals surface area contributed by atoms with E-state index in [0.717, 1.165) is 26.4 Å². The number of benzene rings is 3. The average Bonchev–Trinajstić information content (AvgIpc) is 3.19. The number of rotatable bonds is 5. The summed E-state index contributed by atoms with van der Waals surface area (Å²) in [5.41, 5.74) is 4.20. The molecule has 7 heteroatoms. The fourth-order valence-corrected chi connectivity index (χ4v) is 4.10. The van der Waals surface area contributed by atoms with Crippen LogP contribution in [0.4, 0.5) is 0 Å². The molecular weight excluding hydrogens is 487 g/mol. The summed E-state index contributed by atoms with van der Waals surface area (Å²) in [7, 11) is 0. The molecule has 0 unspecified atom stereocenters. The van der Waals surface area contributed by atoms with E-state index in [-0.39, 0.29) is 12.3 Å². The van der Waals surface area contributed by atoms with Gasteiger partial charge in [-0.25, -0.2) is 5.43 Å². The lowest BCUT2D eigenvalue weighted by Crippen LogP contribution is -2.19. The Morgan fingerprint density at radius 3 is 2.63 bits per heavy atom. The number of carbonyl (C=O) groups excluding carboxylic acids is 1. The summed E-state index contributed by atoms with van der Waals surface area (Å²) in [5.74, 6) is 0.863. The Morgan fingerprint density at radius 2 is 1.83 bits per heavy atom. The SMILES string of the molecule is O=C(Cc1ccc(Br)c2ccccc12)N/N=C/c1ccc(-c2ccc(Cl)cc2Cl)o1. The van der Waals surface area contributed by atoms with Gasteiger partial charge in [-0.3, -0.25) is 4.79 Å². The van der Waals surface area contributed by atoms with Crippen molar-refractivity contribution in [1.29, 1.82) is 0 Å². The van der Waals surface area contributed by atoms with Gasteiger partial charge < -0.3 is 4.42 Å². The first-order valence-corrected chi connectivity index (χ1v) is 10.6. The smallest absolute Gasteiger partial charge is 0.244 e. The van der Waals surface area contributed by atoms with Crippen molar-refractivity contribution in [3.8, 4) is 11.3 Å². The molecule has 0 saturated heterocycles. The Bertz CT molecular complexity index is 1270. The molecule has 0 radical (unpaired) electrons. The van der Waals surface area contributed by atoms with Crippen molar-refractivity contribution < 1.29 is 9.21 Å². The molecule has 1 aromatic heterocycles. The molecule has 30 heavy (non-hydrogen) atoms. The number of carbonyl (C=O) groups is 1. The quantitative estimate of drug-likeness (QED) is 0.240. The Kier molecular flexibility index (Phi) is 6.23. The Hall–Kier alpha value is -2.60. The molecule has 0 aliphatic rings. The number of amides is 1. The molecule has 4 nitrogen and oxygen atoms in total. The van der Waals surface area contributed by atoms with Crippen LogP contribution >= 0.6 is 39.1 Å². The normalized spacial score (nSPS) is 11.3. The second kappa shape index (κ2) is 9.04. The summed E-state index contributed by atoms with van der Waals surface area (Å²) in [6.45, 7) is 0. The van der Waals surface area contributed by atoms with Gasteiger partial charge in [0.1, 0.15) is 11.5 Å². The zero-order chi connectivity index (χ0) is 21.1. The largest absolute Gasteiger partial charge is 0.455 e. The molecule has 0 fully saturated rings. The van der Waals surface area contributed by atoms with Crippen LogP contribution in [-0.4, -0.2) is 12.1 Å². The van der Waals surface area contributed by atoms with Crippen LogP contribution in [0.3, 0.4) is 0 Å². The van der Waals surface area contributed by atoms with E-state index >= 15 is 0 Å². The minimum atomic E-state index is -0.216. The summed E-state index contributed by atoms with van der Waals surface area (Å²) >= 11 is 15.7. The van der Waals surface area contributed by atoms with Crippen LogP contribution in [0.2, 0.25) is 10.0 Å². The lowest BCUT2D eigenvalue weighted by molar-refractivity contribution is -0.120. The van der Waals surface area contributed by atoms with Crippen molar-refractivity contribution in [2.45, 2.75) is 6.42 Å². The fourth-order valence-electron chi connectivity index (χ4n) is 3.12. The van der Waals surface area contributed by atoms with Crippen LogP contribution in [0.5, 0.6) is 0 Å². The maximum atomic E-state index is 12.3. The molecule has 1 heterocycles. The van der Waals surface area contributed by atoms with Gasteiger partial charge >= 0.3 is 0 Å². The standard InChI is InChI=1S/C23H15BrCl2N2O2/c24-20-9-5-14(17-3-1-2-4-18(17)20)11-23(29)28-27-13-16-7-10-22(30-16)19-8-6-15(25)12-21(19)26/h1-10,12-13H,11H2,(H,28,29)/b27-13+. The van der Waals surface area contributed by atoms with Gasteiger partial charge in [-0.05, 0) is 52.7 Å². The van der Waals surface area contributed by atoms with Crippen LogP contribution in [0.1, 0.15) is 11.3 Å². The van der Waals surface area contributed by atoms with Crippen molar-refractivity contribution in [3.05, 3.63) is 92.6 Å². The molecule has 3 aromatic carbocycles. The highest BCUT2D eigenvalue weighted by Gasteiger charge is 2.10.